The first-order valence-corrected chi connectivity index (χ1v) is 7.16. The van der Waals surface area contributed by atoms with Crippen molar-refractivity contribution in [2.75, 3.05) is 20.8 Å². The fourth-order valence-corrected chi connectivity index (χ4v) is 2.39. The molecule has 1 aromatic heterocycles. The van der Waals surface area contributed by atoms with Crippen LogP contribution in [0.1, 0.15) is 30.5 Å². The highest BCUT2D eigenvalue weighted by atomic mass is 16.5. The van der Waals surface area contributed by atoms with Gasteiger partial charge in [0, 0.05) is 12.4 Å². The van der Waals surface area contributed by atoms with Crippen molar-refractivity contribution >= 4 is 0 Å². The van der Waals surface area contributed by atoms with Crippen LogP contribution in [0.3, 0.4) is 0 Å². The van der Waals surface area contributed by atoms with Gasteiger partial charge in [-0.2, -0.15) is 0 Å². The average Bonchev–Trinajstić information content (AvgIpc) is 2.56. The van der Waals surface area contributed by atoms with Crippen LogP contribution in [0.15, 0.2) is 42.7 Å². The number of methoxy groups -OCH3 is 2. The lowest BCUT2D eigenvalue weighted by molar-refractivity contribution is 0.376. The summed E-state index contributed by atoms with van der Waals surface area (Å²) in [7, 11) is 3.36. The molecule has 4 heteroatoms. The first-order valence-electron chi connectivity index (χ1n) is 7.16. The van der Waals surface area contributed by atoms with Crippen molar-refractivity contribution in [1.29, 1.82) is 0 Å². The van der Waals surface area contributed by atoms with Crippen LogP contribution in [-0.4, -0.2) is 25.7 Å². The van der Waals surface area contributed by atoms with Crippen LogP contribution in [0, 0.1) is 0 Å². The van der Waals surface area contributed by atoms with Gasteiger partial charge in [0.05, 0.1) is 25.8 Å². The number of ether oxygens (including phenoxy) is 2. The molecular formula is C17H22N2O2. The van der Waals surface area contributed by atoms with E-state index in [0.717, 1.165) is 35.6 Å². The number of hydrogen-bond acceptors (Lipinski definition) is 4. The standard InChI is InChI=1S/C17H22N2O2/c1-4-10-19-17(13-7-6-11-18-12-13)16-14(20-2)8-5-9-15(16)21-3/h5-9,11-12,17,19H,4,10H2,1-3H3. The van der Waals surface area contributed by atoms with E-state index in [2.05, 4.69) is 23.3 Å². The summed E-state index contributed by atoms with van der Waals surface area (Å²) in [5, 5.41) is 3.55. The van der Waals surface area contributed by atoms with E-state index in [1.807, 2.05) is 30.5 Å². The summed E-state index contributed by atoms with van der Waals surface area (Å²) in [5.74, 6) is 1.62. The van der Waals surface area contributed by atoms with Gasteiger partial charge in [0.25, 0.3) is 0 Å². The summed E-state index contributed by atoms with van der Waals surface area (Å²) in [4.78, 5) is 4.23. The van der Waals surface area contributed by atoms with E-state index < -0.39 is 0 Å². The maximum absolute atomic E-state index is 5.53. The molecule has 1 N–H and O–H groups in total. The third-order valence-corrected chi connectivity index (χ3v) is 3.37. The van der Waals surface area contributed by atoms with E-state index >= 15 is 0 Å². The molecule has 0 saturated heterocycles. The number of nitrogens with one attached hydrogen (secondary N) is 1. The van der Waals surface area contributed by atoms with Crippen LogP contribution in [-0.2, 0) is 0 Å². The molecule has 112 valence electrons. The van der Waals surface area contributed by atoms with E-state index in [1.165, 1.54) is 0 Å². The van der Waals surface area contributed by atoms with Gasteiger partial charge in [-0.15, -0.1) is 0 Å². The van der Waals surface area contributed by atoms with E-state index in [-0.39, 0.29) is 6.04 Å². The van der Waals surface area contributed by atoms with Crippen LogP contribution < -0.4 is 14.8 Å². The fourth-order valence-electron chi connectivity index (χ4n) is 2.39. The smallest absolute Gasteiger partial charge is 0.127 e. The lowest BCUT2D eigenvalue weighted by Gasteiger charge is -2.23. The summed E-state index contributed by atoms with van der Waals surface area (Å²) in [5.41, 5.74) is 2.10. The zero-order valence-electron chi connectivity index (χ0n) is 12.8. The van der Waals surface area contributed by atoms with E-state index in [0.29, 0.717) is 0 Å². The Bertz CT molecular complexity index is 536. The lowest BCUT2D eigenvalue weighted by atomic mass is 9.98. The van der Waals surface area contributed by atoms with Gasteiger partial charge in [-0.25, -0.2) is 0 Å². The molecule has 0 fully saturated rings. The normalized spacial score (nSPS) is 12.0. The Morgan fingerprint density at radius 1 is 1.10 bits per heavy atom. The van der Waals surface area contributed by atoms with Crippen molar-refractivity contribution in [1.82, 2.24) is 10.3 Å². The van der Waals surface area contributed by atoms with Crippen molar-refractivity contribution in [2.45, 2.75) is 19.4 Å². The van der Waals surface area contributed by atoms with Crippen LogP contribution >= 0.6 is 0 Å². The molecule has 1 atom stereocenters. The molecule has 0 amide bonds. The quantitative estimate of drug-likeness (QED) is 0.849. The number of aromatic nitrogens is 1. The van der Waals surface area contributed by atoms with Gasteiger partial charge in [0.15, 0.2) is 0 Å². The topological polar surface area (TPSA) is 43.4 Å². The second kappa shape index (κ2) is 7.64. The monoisotopic (exact) mass is 286 g/mol. The van der Waals surface area contributed by atoms with Crippen LogP contribution in [0.5, 0.6) is 11.5 Å². The van der Waals surface area contributed by atoms with Gasteiger partial charge in [0.1, 0.15) is 11.5 Å². The summed E-state index contributed by atoms with van der Waals surface area (Å²) in [6.45, 7) is 3.05. The highest BCUT2D eigenvalue weighted by Gasteiger charge is 2.22. The van der Waals surface area contributed by atoms with Crippen LogP contribution in [0.4, 0.5) is 0 Å². The molecule has 1 heterocycles. The second-order valence-electron chi connectivity index (χ2n) is 4.75. The minimum Gasteiger partial charge on any atom is -0.496 e. The minimum atomic E-state index is -0.00949. The molecule has 2 rings (SSSR count). The minimum absolute atomic E-state index is 0.00949. The van der Waals surface area contributed by atoms with Crippen molar-refractivity contribution in [3.63, 3.8) is 0 Å². The van der Waals surface area contributed by atoms with Crippen molar-refractivity contribution in [3.8, 4) is 11.5 Å². The predicted molar refractivity (Wildman–Crippen MR) is 83.9 cm³/mol. The maximum Gasteiger partial charge on any atom is 0.127 e. The van der Waals surface area contributed by atoms with Gasteiger partial charge >= 0.3 is 0 Å². The van der Waals surface area contributed by atoms with Gasteiger partial charge in [-0.05, 0) is 36.7 Å². The number of hydrogen-bond donors (Lipinski definition) is 1. The highest BCUT2D eigenvalue weighted by molar-refractivity contribution is 5.50. The maximum atomic E-state index is 5.53. The first kappa shape index (κ1) is 15.3. The number of pyridine rings is 1. The SMILES string of the molecule is CCCNC(c1cccnc1)c1c(OC)cccc1OC. The molecule has 0 aliphatic rings. The Labute approximate surface area is 126 Å². The van der Waals surface area contributed by atoms with Crippen molar-refractivity contribution in [3.05, 3.63) is 53.9 Å². The molecule has 0 saturated carbocycles. The van der Waals surface area contributed by atoms with E-state index in [4.69, 9.17) is 9.47 Å². The zero-order valence-corrected chi connectivity index (χ0v) is 12.8. The first-order chi connectivity index (χ1) is 10.3. The molecule has 1 aromatic carbocycles. The summed E-state index contributed by atoms with van der Waals surface area (Å²) in [6.07, 6.45) is 4.70. The molecule has 0 aliphatic heterocycles. The number of nitrogens with zero attached hydrogens (tertiary/aromatic N) is 1. The Kier molecular flexibility index (Phi) is 5.58. The highest BCUT2D eigenvalue weighted by Crippen LogP contribution is 2.37. The Balaban J connectivity index is 2.50. The average molecular weight is 286 g/mol. The largest absolute Gasteiger partial charge is 0.496 e. The molecule has 0 spiro atoms. The molecule has 0 bridgehead atoms. The van der Waals surface area contributed by atoms with Crippen molar-refractivity contribution in [2.24, 2.45) is 0 Å². The van der Waals surface area contributed by atoms with Gasteiger partial charge < -0.3 is 14.8 Å². The third-order valence-electron chi connectivity index (χ3n) is 3.37. The molecule has 21 heavy (non-hydrogen) atoms. The zero-order chi connectivity index (χ0) is 15.1. The van der Waals surface area contributed by atoms with Gasteiger partial charge in [-0.3, -0.25) is 4.98 Å². The Morgan fingerprint density at radius 2 is 1.81 bits per heavy atom. The van der Waals surface area contributed by atoms with Crippen molar-refractivity contribution < 1.29 is 9.47 Å². The third kappa shape index (κ3) is 3.52. The predicted octanol–water partition coefficient (Wildman–Crippen LogP) is 3.19. The molecule has 1 unspecified atom stereocenters. The number of benzene rings is 1. The molecule has 0 radical (unpaired) electrons. The lowest BCUT2D eigenvalue weighted by Crippen LogP contribution is -2.24. The molecular weight excluding hydrogens is 264 g/mol. The molecule has 4 nitrogen and oxygen atoms in total. The van der Waals surface area contributed by atoms with Crippen LogP contribution in [0.25, 0.3) is 0 Å². The second-order valence-corrected chi connectivity index (χ2v) is 4.75. The summed E-state index contributed by atoms with van der Waals surface area (Å²) < 4.78 is 11.1. The van der Waals surface area contributed by atoms with E-state index in [9.17, 15) is 0 Å². The van der Waals surface area contributed by atoms with E-state index in [1.54, 1.807) is 20.4 Å². The number of rotatable bonds is 7. The molecule has 0 aliphatic carbocycles. The Hall–Kier alpha value is -2.07. The Morgan fingerprint density at radius 3 is 2.33 bits per heavy atom. The summed E-state index contributed by atoms with van der Waals surface area (Å²) in [6, 6.07) is 9.83. The van der Waals surface area contributed by atoms with Gasteiger partial charge in [0.2, 0.25) is 0 Å². The van der Waals surface area contributed by atoms with Gasteiger partial charge in [-0.1, -0.05) is 19.1 Å². The fraction of sp³-hybridized carbons (Fsp3) is 0.353. The molecule has 2 aromatic rings. The summed E-state index contributed by atoms with van der Waals surface area (Å²) >= 11 is 0. The van der Waals surface area contributed by atoms with Crippen LogP contribution in [0.2, 0.25) is 0 Å².